The van der Waals surface area contributed by atoms with Gasteiger partial charge in [-0.05, 0) is 74.8 Å². The van der Waals surface area contributed by atoms with Crippen LogP contribution in [0.2, 0.25) is 0 Å². The summed E-state index contributed by atoms with van der Waals surface area (Å²) in [7, 11) is -4.86. The first-order chi connectivity index (χ1) is 16.5. The van der Waals surface area contributed by atoms with Crippen molar-refractivity contribution in [3.8, 4) is 0 Å². The Morgan fingerprint density at radius 3 is 1.19 bits per heavy atom. The Balaban J connectivity index is 3.05. The molecule has 37 heavy (non-hydrogen) atoms. The molecule has 4 nitrogen and oxygen atoms in total. The molecule has 0 saturated carbocycles. The zero-order chi connectivity index (χ0) is 28.8. The quantitative estimate of drug-likeness (QED) is 0.334. The number of rotatable bonds is 8. The molecule has 0 aliphatic carbocycles. The summed E-state index contributed by atoms with van der Waals surface area (Å²) in [4.78, 5) is 20.4. The summed E-state index contributed by atoms with van der Waals surface area (Å²) >= 11 is 0. The standard InChI is InChI=1S/C32H51O4P/c1-14-30(9,10)22-16-18-24(26(20-22)28(3,4)5)32(13,36-37(33,34)35)25-19-17-23(31(11,12)15-2)21-27(25)29(6,7)8/h16-21H,14-15H2,1-13H3,(H2,33,34,35). The van der Waals surface area contributed by atoms with Gasteiger partial charge >= 0.3 is 7.82 Å². The summed E-state index contributed by atoms with van der Waals surface area (Å²) in [5.74, 6) is 0. The van der Waals surface area contributed by atoms with Gasteiger partial charge in [-0.15, -0.1) is 0 Å². The van der Waals surface area contributed by atoms with Crippen molar-refractivity contribution in [3.63, 3.8) is 0 Å². The van der Waals surface area contributed by atoms with Crippen LogP contribution >= 0.6 is 7.82 Å². The number of phosphoric acid groups is 1. The van der Waals surface area contributed by atoms with Crippen LogP contribution in [0.1, 0.15) is 136 Å². The molecule has 0 aliphatic rings. The maximum Gasteiger partial charge on any atom is 0.470 e. The Kier molecular flexibility index (Phi) is 8.81. The van der Waals surface area contributed by atoms with Crippen LogP contribution in [0.15, 0.2) is 36.4 Å². The van der Waals surface area contributed by atoms with Crippen molar-refractivity contribution < 1.29 is 18.9 Å². The molecule has 0 aromatic heterocycles. The minimum Gasteiger partial charge on any atom is -0.303 e. The van der Waals surface area contributed by atoms with E-state index in [9.17, 15) is 14.4 Å². The van der Waals surface area contributed by atoms with E-state index in [0.717, 1.165) is 35.1 Å². The van der Waals surface area contributed by atoms with Crippen LogP contribution in [0.4, 0.5) is 0 Å². The van der Waals surface area contributed by atoms with Gasteiger partial charge in [0.05, 0.1) is 0 Å². The first-order valence-corrected chi connectivity index (χ1v) is 15.1. The molecule has 0 radical (unpaired) electrons. The zero-order valence-corrected chi connectivity index (χ0v) is 26.4. The fourth-order valence-electron chi connectivity index (χ4n) is 4.89. The van der Waals surface area contributed by atoms with Crippen molar-refractivity contribution >= 4 is 7.82 Å². The highest BCUT2D eigenvalue weighted by Crippen LogP contribution is 2.53. The fraction of sp³-hybridized carbons (Fsp3) is 0.625. The topological polar surface area (TPSA) is 66.8 Å². The Bertz CT molecular complexity index is 1080. The first-order valence-electron chi connectivity index (χ1n) is 13.6. The average molecular weight is 531 g/mol. The van der Waals surface area contributed by atoms with Gasteiger partial charge in [0.15, 0.2) is 0 Å². The van der Waals surface area contributed by atoms with E-state index < -0.39 is 13.4 Å². The summed E-state index contributed by atoms with van der Waals surface area (Å²) in [6.07, 6.45) is 1.96. The number of phosphoric ester groups is 1. The largest absolute Gasteiger partial charge is 0.470 e. The molecule has 2 aromatic carbocycles. The van der Waals surface area contributed by atoms with Crippen molar-refractivity contribution in [2.24, 2.45) is 0 Å². The summed E-state index contributed by atoms with van der Waals surface area (Å²) in [6, 6.07) is 12.7. The van der Waals surface area contributed by atoms with Crippen LogP contribution in [0, 0.1) is 0 Å². The molecule has 2 rings (SSSR count). The summed E-state index contributed by atoms with van der Waals surface area (Å²) in [5, 5.41) is 0. The van der Waals surface area contributed by atoms with Gasteiger partial charge in [-0.3, -0.25) is 4.52 Å². The summed E-state index contributed by atoms with van der Waals surface area (Å²) < 4.78 is 18.4. The molecule has 0 spiro atoms. The van der Waals surface area contributed by atoms with E-state index in [-0.39, 0.29) is 21.7 Å². The van der Waals surface area contributed by atoms with Crippen LogP contribution in [-0.4, -0.2) is 9.79 Å². The Morgan fingerprint density at radius 1 is 0.622 bits per heavy atom. The van der Waals surface area contributed by atoms with Crippen molar-refractivity contribution in [2.45, 2.75) is 130 Å². The molecule has 0 aliphatic heterocycles. The molecular formula is C32H51O4P. The second-order valence-corrected chi connectivity index (χ2v) is 15.3. The Hall–Kier alpha value is -1.45. The second-order valence-electron chi connectivity index (χ2n) is 14.1. The number of hydrogen-bond donors (Lipinski definition) is 2. The predicted molar refractivity (Wildman–Crippen MR) is 157 cm³/mol. The van der Waals surface area contributed by atoms with E-state index in [2.05, 4.69) is 107 Å². The van der Waals surface area contributed by atoms with Crippen molar-refractivity contribution in [1.82, 2.24) is 0 Å². The molecule has 0 unspecified atom stereocenters. The summed E-state index contributed by atoms with van der Waals surface area (Å²) in [5.41, 5.74) is 4.07. The first kappa shape index (κ1) is 31.8. The van der Waals surface area contributed by atoms with Gasteiger partial charge in [0.25, 0.3) is 0 Å². The molecule has 0 atom stereocenters. The normalized spacial score (nSPS) is 14.2. The lowest BCUT2D eigenvalue weighted by atomic mass is 9.69. The third kappa shape index (κ3) is 6.95. The van der Waals surface area contributed by atoms with E-state index in [4.69, 9.17) is 4.52 Å². The van der Waals surface area contributed by atoms with Gasteiger partial charge in [-0.2, -0.15) is 0 Å². The van der Waals surface area contributed by atoms with Crippen LogP contribution in [0.25, 0.3) is 0 Å². The van der Waals surface area contributed by atoms with Crippen LogP contribution < -0.4 is 0 Å². The van der Waals surface area contributed by atoms with Gasteiger partial charge in [0, 0.05) is 0 Å². The van der Waals surface area contributed by atoms with E-state index in [1.54, 1.807) is 0 Å². The fourth-order valence-corrected chi connectivity index (χ4v) is 5.57. The molecule has 5 heteroatoms. The molecule has 2 N–H and O–H groups in total. The van der Waals surface area contributed by atoms with E-state index in [1.165, 1.54) is 11.1 Å². The minimum absolute atomic E-state index is 0.0248. The monoisotopic (exact) mass is 530 g/mol. The maximum atomic E-state index is 12.5. The molecule has 0 saturated heterocycles. The van der Waals surface area contributed by atoms with Gasteiger partial charge < -0.3 is 9.79 Å². The molecule has 0 heterocycles. The van der Waals surface area contributed by atoms with Crippen molar-refractivity contribution in [1.29, 1.82) is 0 Å². The lowest BCUT2D eigenvalue weighted by Crippen LogP contribution is -2.34. The maximum absolute atomic E-state index is 12.5. The van der Waals surface area contributed by atoms with E-state index in [0.29, 0.717) is 0 Å². The van der Waals surface area contributed by atoms with E-state index >= 15 is 0 Å². The lowest BCUT2D eigenvalue weighted by Gasteiger charge is -2.40. The smallest absolute Gasteiger partial charge is 0.303 e. The molecule has 0 fully saturated rings. The van der Waals surface area contributed by atoms with Crippen LogP contribution in [0.3, 0.4) is 0 Å². The second kappa shape index (κ2) is 10.3. The third-order valence-corrected chi connectivity index (χ3v) is 8.92. The number of benzene rings is 2. The van der Waals surface area contributed by atoms with Crippen LogP contribution in [0.5, 0.6) is 0 Å². The van der Waals surface area contributed by atoms with Gasteiger partial charge in [0.1, 0.15) is 5.60 Å². The molecule has 2 aromatic rings. The van der Waals surface area contributed by atoms with Gasteiger partial charge in [0.2, 0.25) is 0 Å². The van der Waals surface area contributed by atoms with Crippen molar-refractivity contribution in [3.05, 3.63) is 69.8 Å². The van der Waals surface area contributed by atoms with Crippen LogP contribution in [-0.2, 0) is 36.3 Å². The highest BCUT2D eigenvalue weighted by atomic mass is 31.2. The van der Waals surface area contributed by atoms with Gasteiger partial charge in [-0.25, -0.2) is 4.57 Å². The molecular weight excluding hydrogens is 479 g/mol. The van der Waals surface area contributed by atoms with E-state index in [1.807, 2.05) is 19.1 Å². The molecule has 0 amide bonds. The highest BCUT2D eigenvalue weighted by Gasteiger charge is 2.43. The summed E-state index contributed by atoms with van der Waals surface area (Å²) in [6.45, 7) is 27.9. The Morgan fingerprint density at radius 2 is 0.946 bits per heavy atom. The lowest BCUT2D eigenvalue weighted by molar-refractivity contribution is 0.0778. The Labute approximate surface area is 226 Å². The molecule has 0 bridgehead atoms. The number of hydrogen-bond acceptors (Lipinski definition) is 2. The zero-order valence-electron chi connectivity index (χ0n) is 25.5. The predicted octanol–water partition coefficient (Wildman–Crippen LogP) is 9.03. The average Bonchev–Trinajstić information content (AvgIpc) is 2.75. The van der Waals surface area contributed by atoms with Gasteiger partial charge in [-0.1, -0.05) is 119 Å². The van der Waals surface area contributed by atoms with Crippen molar-refractivity contribution in [2.75, 3.05) is 0 Å². The highest BCUT2D eigenvalue weighted by molar-refractivity contribution is 7.46. The SMILES string of the molecule is CCC(C)(C)c1ccc(C(C)(OP(=O)(O)O)c2ccc(C(C)(C)CC)cc2C(C)(C)C)c(C(C)(C)C)c1. The third-order valence-electron chi connectivity index (χ3n) is 8.32. The minimum atomic E-state index is -4.86. The molecule has 208 valence electrons.